The molecule has 1 fully saturated rings. The summed E-state index contributed by atoms with van der Waals surface area (Å²) in [4.78, 5) is 30.0. The van der Waals surface area contributed by atoms with Gasteiger partial charge in [-0.1, -0.05) is 23.7 Å². The predicted molar refractivity (Wildman–Crippen MR) is 164 cm³/mol. The van der Waals surface area contributed by atoms with Crippen molar-refractivity contribution in [1.29, 1.82) is 0 Å². The molecule has 4 aromatic rings. The third kappa shape index (κ3) is 6.41. The van der Waals surface area contributed by atoms with Crippen LogP contribution < -0.4 is 9.47 Å². The van der Waals surface area contributed by atoms with E-state index >= 15 is 0 Å². The number of aryl methyl sites for hydroxylation is 2. The molecule has 0 N–H and O–H groups in total. The van der Waals surface area contributed by atoms with Crippen LogP contribution in [0.1, 0.15) is 34.1 Å². The quantitative estimate of drug-likeness (QED) is 0.237. The van der Waals surface area contributed by atoms with Gasteiger partial charge in [-0.05, 0) is 74.4 Å². The van der Waals surface area contributed by atoms with Crippen LogP contribution in [0.25, 0.3) is 5.69 Å². The van der Waals surface area contributed by atoms with Crippen molar-refractivity contribution < 1.29 is 28.2 Å². The number of carbonyl (C=O) groups is 2. The lowest BCUT2D eigenvalue weighted by atomic mass is 10.0. The fourth-order valence-corrected chi connectivity index (χ4v) is 5.60. The van der Waals surface area contributed by atoms with E-state index in [1.54, 1.807) is 50.2 Å². The summed E-state index contributed by atoms with van der Waals surface area (Å²) in [5, 5.41) is 5.11. The molecule has 3 aromatic carbocycles. The van der Waals surface area contributed by atoms with Gasteiger partial charge in [0, 0.05) is 42.5 Å². The van der Waals surface area contributed by atoms with Crippen molar-refractivity contribution in [3.05, 3.63) is 99.6 Å². The van der Waals surface area contributed by atoms with Gasteiger partial charge in [-0.3, -0.25) is 9.59 Å². The molecule has 1 saturated heterocycles. The van der Waals surface area contributed by atoms with E-state index in [9.17, 15) is 14.0 Å². The second kappa shape index (κ2) is 13.1. The van der Waals surface area contributed by atoms with Crippen LogP contribution in [-0.4, -0.2) is 65.3 Å². The largest absolute Gasteiger partial charge is 0.497 e. The predicted octanol–water partition coefficient (Wildman–Crippen LogP) is 5.95. The molecule has 1 aromatic heterocycles. The van der Waals surface area contributed by atoms with Crippen molar-refractivity contribution in [3.63, 3.8) is 0 Å². The van der Waals surface area contributed by atoms with Crippen LogP contribution in [0.5, 0.6) is 17.2 Å². The number of ether oxygens (including phenoxy) is 3. The van der Waals surface area contributed by atoms with Gasteiger partial charge in [0.2, 0.25) is 0 Å². The summed E-state index contributed by atoms with van der Waals surface area (Å²) in [7, 11) is 3.17. The molecule has 0 spiro atoms. The first-order chi connectivity index (χ1) is 21.1. The zero-order valence-electron chi connectivity index (χ0n) is 25.3. The van der Waals surface area contributed by atoms with E-state index in [-0.39, 0.29) is 25.5 Å². The molecule has 230 valence electrons. The van der Waals surface area contributed by atoms with E-state index < -0.39 is 17.9 Å². The first-order valence-corrected chi connectivity index (χ1v) is 14.5. The van der Waals surface area contributed by atoms with Gasteiger partial charge in [-0.25, -0.2) is 9.07 Å². The lowest BCUT2D eigenvalue weighted by Crippen LogP contribution is -2.50. The average molecular weight is 621 g/mol. The molecule has 2 amide bonds. The Hall–Kier alpha value is -4.41. The van der Waals surface area contributed by atoms with E-state index in [2.05, 4.69) is 0 Å². The molecule has 1 unspecified atom stereocenters. The Kier molecular flexibility index (Phi) is 9.22. The van der Waals surface area contributed by atoms with Crippen LogP contribution in [-0.2, 0) is 20.9 Å². The summed E-state index contributed by atoms with van der Waals surface area (Å²) in [5.41, 5.74) is 4.35. The molecule has 0 aliphatic carbocycles. The van der Waals surface area contributed by atoms with Gasteiger partial charge in [0.05, 0.1) is 37.7 Å². The van der Waals surface area contributed by atoms with E-state index in [0.29, 0.717) is 40.0 Å². The molecule has 9 nitrogen and oxygen atoms in total. The first kappa shape index (κ1) is 31.0. The van der Waals surface area contributed by atoms with Gasteiger partial charge in [0.25, 0.3) is 0 Å². The molecule has 0 radical (unpaired) electrons. The molecular formula is C33H34ClFN4O5. The maximum Gasteiger partial charge on any atom is 0.312 e. The van der Waals surface area contributed by atoms with Crippen molar-refractivity contribution in [3.8, 4) is 22.9 Å². The Morgan fingerprint density at radius 2 is 1.82 bits per heavy atom. The maximum absolute atomic E-state index is 13.6. The van der Waals surface area contributed by atoms with Crippen LogP contribution in [0.15, 0.2) is 60.7 Å². The van der Waals surface area contributed by atoms with Crippen molar-refractivity contribution in [1.82, 2.24) is 19.6 Å². The Morgan fingerprint density at radius 3 is 2.55 bits per heavy atom. The van der Waals surface area contributed by atoms with Crippen LogP contribution in [0.4, 0.5) is 4.39 Å². The van der Waals surface area contributed by atoms with E-state index in [1.165, 1.54) is 17.0 Å². The van der Waals surface area contributed by atoms with Crippen LogP contribution in [0.2, 0.25) is 5.02 Å². The summed E-state index contributed by atoms with van der Waals surface area (Å²) in [6.45, 7) is 6.42. The van der Waals surface area contributed by atoms with Gasteiger partial charge in [0.15, 0.2) is 0 Å². The molecule has 0 bridgehead atoms. The smallest absolute Gasteiger partial charge is 0.312 e. The highest BCUT2D eigenvalue weighted by atomic mass is 35.5. The number of methoxy groups -OCH3 is 1. The van der Waals surface area contributed by atoms with Crippen molar-refractivity contribution in [2.45, 2.75) is 33.4 Å². The van der Waals surface area contributed by atoms with E-state index in [0.717, 1.165) is 22.6 Å². The Balaban J connectivity index is 1.31. The third-order valence-corrected chi connectivity index (χ3v) is 8.05. The van der Waals surface area contributed by atoms with Crippen molar-refractivity contribution in [2.75, 3.05) is 33.9 Å². The number of aromatic nitrogens is 2. The molecule has 1 aliphatic heterocycles. The van der Waals surface area contributed by atoms with Crippen LogP contribution in [0, 0.1) is 26.6 Å². The molecule has 11 heteroatoms. The zero-order chi connectivity index (χ0) is 31.5. The molecule has 44 heavy (non-hydrogen) atoms. The van der Waals surface area contributed by atoms with Crippen LogP contribution >= 0.6 is 11.6 Å². The standard InChI is InChI=1S/C33H34ClFN4O5/c1-20-15-26(11-12-29(20)35)44-27-10-9-23(28(34)17-27)18-37(4)32(40)33(41)38-13-14-43-19-30(38)31-21(2)36-39(22(31)3)24-7-6-8-25(16-24)42-5/h6-12,15-17,30H,13-14,18-19H2,1-5H3. The van der Waals surface area contributed by atoms with Gasteiger partial charge in [-0.2, -0.15) is 5.10 Å². The number of hydrogen-bond donors (Lipinski definition) is 0. The molecule has 2 heterocycles. The topological polar surface area (TPSA) is 86.1 Å². The highest BCUT2D eigenvalue weighted by molar-refractivity contribution is 6.35. The SMILES string of the molecule is COc1cccc(-n2nc(C)c(C3COCCN3C(=O)C(=O)N(C)Cc3ccc(Oc4ccc(F)c(C)c4)cc3Cl)c2C)c1. The highest BCUT2D eigenvalue weighted by Gasteiger charge is 2.36. The van der Waals surface area contributed by atoms with Crippen molar-refractivity contribution >= 4 is 23.4 Å². The molecule has 0 saturated carbocycles. The number of likely N-dealkylation sites (N-methyl/N-ethyl adjacent to an activating group) is 1. The second-order valence-corrected chi connectivity index (χ2v) is 11.1. The molecular weight excluding hydrogens is 587 g/mol. The number of nitrogens with zero attached hydrogens (tertiary/aromatic N) is 4. The highest BCUT2D eigenvalue weighted by Crippen LogP contribution is 2.32. The Labute approximate surface area is 260 Å². The summed E-state index contributed by atoms with van der Waals surface area (Å²) in [6, 6.07) is 16.6. The number of hydrogen-bond acceptors (Lipinski definition) is 6. The Morgan fingerprint density at radius 1 is 1.07 bits per heavy atom. The summed E-state index contributed by atoms with van der Waals surface area (Å²) in [5.74, 6) is 0.0386. The normalized spacial score (nSPS) is 14.8. The minimum atomic E-state index is -0.662. The maximum atomic E-state index is 13.6. The molecule has 1 atom stereocenters. The number of halogens is 2. The first-order valence-electron chi connectivity index (χ1n) is 14.1. The van der Waals surface area contributed by atoms with Gasteiger partial charge in [-0.15, -0.1) is 0 Å². The number of benzene rings is 3. The lowest BCUT2D eigenvalue weighted by molar-refractivity contribution is -0.156. The zero-order valence-corrected chi connectivity index (χ0v) is 26.0. The van der Waals surface area contributed by atoms with Crippen molar-refractivity contribution in [2.24, 2.45) is 0 Å². The summed E-state index contributed by atoms with van der Waals surface area (Å²) in [6.07, 6.45) is 0. The van der Waals surface area contributed by atoms with E-state index in [4.69, 9.17) is 30.9 Å². The fourth-order valence-electron chi connectivity index (χ4n) is 5.37. The minimum absolute atomic E-state index is 0.111. The Bertz CT molecular complexity index is 1710. The monoisotopic (exact) mass is 620 g/mol. The molecule has 1 aliphatic rings. The number of carbonyl (C=O) groups excluding carboxylic acids is 2. The van der Waals surface area contributed by atoms with Gasteiger partial charge >= 0.3 is 11.8 Å². The van der Waals surface area contributed by atoms with Gasteiger partial charge in [0.1, 0.15) is 23.1 Å². The third-order valence-electron chi connectivity index (χ3n) is 7.69. The number of morpholine rings is 1. The number of amides is 2. The summed E-state index contributed by atoms with van der Waals surface area (Å²) >= 11 is 6.53. The van der Waals surface area contributed by atoms with Gasteiger partial charge < -0.3 is 24.0 Å². The van der Waals surface area contributed by atoms with E-state index in [1.807, 2.05) is 42.8 Å². The second-order valence-electron chi connectivity index (χ2n) is 10.7. The summed E-state index contributed by atoms with van der Waals surface area (Å²) < 4.78 is 32.4. The van der Waals surface area contributed by atoms with Crippen LogP contribution in [0.3, 0.4) is 0 Å². The minimum Gasteiger partial charge on any atom is -0.497 e. The average Bonchev–Trinajstić information content (AvgIpc) is 3.32. The fraction of sp³-hybridized carbons (Fsp3) is 0.303. The number of rotatable bonds is 7. The lowest BCUT2D eigenvalue weighted by Gasteiger charge is -2.36. The molecule has 5 rings (SSSR count).